The van der Waals surface area contributed by atoms with Crippen LogP contribution in [-0.2, 0) is 6.54 Å². The summed E-state index contributed by atoms with van der Waals surface area (Å²) >= 11 is 1.66. The highest BCUT2D eigenvalue weighted by molar-refractivity contribution is 7.18. The van der Waals surface area contributed by atoms with Gasteiger partial charge in [0.25, 0.3) is 0 Å². The Bertz CT molecular complexity index is 997. The second kappa shape index (κ2) is 4.92. The predicted molar refractivity (Wildman–Crippen MR) is 90.1 cm³/mol. The normalized spacial score (nSPS) is 11.6. The quantitative estimate of drug-likeness (QED) is 0.506. The van der Waals surface area contributed by atoms with Crippen molar-refractivity contribution in [2.45, 2.75) is 20.4 Å². The lowest BCUT2D eigenvalue weighted by atomic mass is 10.1. The molecule has 0 unspecified atom stereocenters. The molecule has 0 aliphatic carbocycles. The van der Waals surface area contributed by atoms with Gasteiger partial charge in [0.1, 0.15) is 16.2 Å². The van der Waals surface area contributed by atoms with Crippen LogP contribution in [0.3, 0.4) is 0 Å². The number of hydrogen-bond acceptors (Lipinski definition) is 2. The number of thiazole rings is 1. The van der Waals surface area contributed by atoms with E-state index in [1.165, 1.54) is 11.6 Å². The van der Waals surface area contributed by atoms with Gasteiger partial charge >= 0.3 is 0 Å². The van der Waals surface area contributed by atoms with Gasteiger partial charge in [0.05, 0.1) is 17.1 Å². The number of hydrogen-bond donors (Lipinski definition) is 0. The molecule has 4 rings (SSSR count). The number of rotatable bonds is 2. The van der Waals surface area contributed by atoms with Crippen molar-refractivity contribution in [3.05, 3.63) is 64.4 Å². The molecule has 2 nitrogen and oxygen atoms in total. The third-order valence-electron chi connectivity index (χ3n) is 3.95. The molecule has 4 heteroatoms. The molecule has 2 heterocycles. The minimum atomic E-state index is -0.161. The highest BCUT2D eigenvalue weighted by Crippen LogP contribution is 2.33. The van der Waals surface area contributed by atoms with Crippen LogP contribution in [0.1, 0.15) is 16.1 Å². The summed E-state index contributed by atoms with van der Waals surface area (Å²) in [6.07, 6.45) is 0. The maximum absolute atomic E-state index is 14.0. The Morgan fingerprint density at radius 3 is 2.77 bits per heavy atom. The van der Waals surface area contributed by atoms with E-state index in [2.05, 4.69) is 34.7 Å². The Hall–Kier alpha value is -2.20. The summed E-state index contributed by atoms with van der Waals surface area (Å²) in [6, 6.07) is 13.3. The van der Waals surface area contributed by atoms with Gasteiger partial charge in [0.15, 0.2) is 0 Å². The summed E-state index contributed by atoms with van der Waals surface area (Å²) in [5.74, 6) is -0.161. The third kappa shape index (κ3) is 2.03. The van der Waals surface area contributed by atoms with Gasteiger partial charge < -0.3 is 4.57 Å². The van der Waals surface area contributed by atoms with Gasteiger partial charge in [-0.25, -0.2) is 9.37 Å². The van der Waals surface area contributed by atoms with E-state index in [4.69, 9.17) is 0 Å². The van der Waals surface area contributed by atoms with E-state index in [9.17, 15) is 4.39 Å². The van der Waals surface area contributed by atoms with E-state index >= 15 is 0 Å². The molecule has 0 saturated heterocycles. The third-order valence-corrected chi connectivity index (χ3v) is 4.94. The van der Waals surface area contributed by atoms with Gasteiger partial charge in [-0.2, -0.15) is 0 Å². The molecule has 2 aromatic carbocycles. The molecular formula is C18H15FN2S. The van der Waals surface area contributed by atoms with Crippen LogP contribution in [0.25, 0.3) is 21.3 Å². The molecule has 0 amide bonds. The molecule has 0 fully saturated rings. The van der Waals surface area contributed by atoms with Gasteiger partial charge in [-0.1, -0.05) is 29.8 Å². The van der Waals surface area contributed by atoms with Crippen molar-refractivity contribution in [1.29, 1.82) is 0 Å². The van der Waals surface area contributed by atoms with Crippen molar-refractivity contribution in [1.82, 2.24) is 9.55 Å². The van der Waals surface area contributed by atoms with Crippen molar-refractivity contribution in [2.24, 2.45) is 0 Å². The zero-order valence-electron chi connectivity index (χ0n) is 12.4. The Labute approximate surface area is 131 Å². The van der Waals surface area contributed by atoms with E-state index in [0.29, 0.717) is 12.1 Å². The van der Waals surface area contributed by atoms with Gasteiger partial charge in [0.2, 0.25) is 0 Å². The van der Waals surface area contributed by atoms with Crippen molar-refractivity contribution in [3.8, 4) is 0 Å². The van der Waals surface area contributed by atoms with E-state index in [0.717, 1.165) is 26.3 Å². The second-order valence-electron chi connectivity index (χ2n) is 5.58. The van der Waals surface area contributed by atoms with E-state index in [-0.39, 0.29) is 5.82 Å². The average molecular weight is 310 g/mol. The molecule has 4 aromatic rings. The maximum atomic E-state index is 14.0. The number of halogens is 1. The smallest absolute Gasteiger partial charge is 0.128 e. The Morgan fingerprint density at radius 2 is 1.95 bits per heavy atom. The van der Waals surface area contributed by atoms with Gasteiger partial charge in [-0.15, -0.1) is 11.3 Å². The lowest BCUT2D eigenvalue weighted by Crippen LogP contribution is -2.00. The first-order valence-corrected chi connectivity index (χ1v) is 8.04. The van der Waals surface area contributed by atoms with Gasteiger partial charge in [-0.3, -0.25) is 0 Å². The second-order valence-corrected chi connectivity index (χ2v) is 6.77. The molecular weight excluding hydrogens is 295 g/mol. The fourth-order valence-corrected chi connectivity index (χ4v) is 3.86. The maximum Gasteiger partial charge on any atom is 0.128 e. The highest BCUT2D eigenvalue weighted by Gasteiger charge is 2.15. The number of nitrogens with zero attached hydrogens (tertiary/aromatic N) is 2. The fourth-order valence-electron chi connectivity index (χ4n) is 2.91. The zero-order chi connectivity index (χ0) is 15.3. The fraction of sp³-hybridized carbons (Fsp3) is 0.167. The number of aromatic nitrogens is 2. The molecule has 0 saturated carbocycles. The predicted octanol–water partition coefficient (Wildman–Crippen LogP) is 5.06. The zero-order valence-corrected chi connectivity index (χ0v) is 13.2. The van der Waals surface area contributed by atoms with Crippen molar-refractivity contribution in [2.75, 3.05) is 0 Å². The summed E-state index contributed by atoms with van der Waals surface area (Å²) < 4.78 is 16.2. The van der Waals surface area contributed by atoms with Crippen LogP contribution >= 0.6 is 11.3 Å². The van der Waals surface area contributed by atoms with E-state index in [1.54, 1.807) is 17.4 Å². The molecule has 0 aliphatic rings. The van der Waals surface area contributed by atoms with Crippen molar-refractivity contribution >= 4 is 32.6 Å². The minimum absolute atomic E-state index is 0.161. The summed E-state index contributed by atoms with van der Waals surface area (Å²) in [4.78, 5) is 5.78. The topological polar surface area (TPSA) is 17.8 Å². The van der Waals surface area contributed by atoms with Crippen LogP contribution < -0.4 is 0 Å². The largest absolute Gasteiger partial charge is 0.326 e. The molecule has 0 aliphatic heterocycles. The summed E-state index contributed by atoms with van der Waals surface area (Å²) in [5.41, 5.74) is 4.05. The van der Waals surface area contributed by atoms with Crippen molar-refractivity contribution in [3.63, 3.8) is 0 Å². The first kappa shape index (κ1) is 13.5. The Morgan fingerprint density at radius 1 is 1.14 bits per heavy atom. The van der Waals surface area contributed by atoms with Crippen LogP contribution in [0.15, 0.2) is 42.5 Å². The number of fused-ring (bicyclic) bond motifs is 3. The molecule has 0 atom stereocenters. The Balaban J connectivity index is 2.00. The van der Waals surface area contributed by atoms with Gasteiger partial charge in [-0.05, 0) is 32.0 Å². The lowest BCUT2D eigenvalue weighted by Gasteiger charge is -2.07. The summed E-state index contributed by atoms with van der Waals surface area (Å²) in [6.45, 7) is 4.62. The molecule has 22 heavy (non-hydrogen) atoms. The molecule has 0 bridgehead atoms. The Kier molecular flexibility index (Phi) is 3.01. The SMILES string of the molecule is Cc1ccc2c(c1)c1nc(C)sc1n2Cc1ccccc1F. The first-order valence-electron chi connectivity index (χ1n) is 7.23. The molecule has 0 spiro atoms. The highest BCUT2D eigenvalue weighted by atomic mass is 32.1. The van der Waals surface area contributed by atoms with E-state index in [1.807, 2.05) is 19.1 Å². The van der Waals surface area contributed by atoms with Crippen LogP contribution in [0.2, 0.25) is 0 Å². The summed E-state index contributed by atoms with van der Waals surface area (Å²) in [5, 5.41) is 2.19. The van der Waals surface area contributed by atoms with Gasteiger partial charge in [0, 0.05) is 10.9 Å². The number of benzene rings is 2. The molecule has 0 N–H and O–H groups in total. The molecule has 0 radical (unpaired) electrons. The van der Waals surface area contributed by atoms with Crippen LogP contribution in [0, 0.1) is 19.7 Å². The summed E-state index contributed by atoms with van der Waals surface area (Å²) in [7, 11) is 0. The minimum Gasteiger partial charge on any atom is -0.326 e. The van der Waals surface area contributed by atoms with Crippen LogP contribution in [0.5, 0.6) is 0 Å². The standard InChI is InChI=1S/C18H15FN2S/c1-11-7-8-16-14(9-11)17-18(22-12(2)20-17)21(16)10-13-5-3-4-6-15(13)19/h3-9H,10H2,1-2H3. The van der Waals surface area contributed by atoms with Crippen molar-refractivity contribution < 1.29 is 4.39 Å². The monoisotopic (exact) mass is 310 g/mol. The average Bonchev–Trinajstić information content (AvgIpc) is 2.99. The van der Waals surface area contributed by atoms with Crippen LogP contribution in [0.4, 0.5) is 4.39 Å². The van der Waals surface area contributed by atoms with Crippen LogP contribution in [-0.4, -0.2) is 9.55 Å². The molecule has 2 aromatic heterocycles. The van der Waals surface area contributed by atoms with E-state index < -0.39 is 0 Å². The molecule has 110 valence electrons. The first-order chi connectivity index (χ1) is 10.6. The number of aryl methyl sites for hydroxylation is 2. The lowest BCUT2D eigenvalue weighted by molar-refractivity contribution is 0.604.